The minimum atomic E-state index is -0.858. The molecule has 0 spiro atoms. The molecule has 1 aromatic carbocycles. The number of rotatable bonds is 4. The molecule has 25 heavy (non-hydrogen) atoms. The number of nitrogens with zero attached hydrogens (tertiary/aromatic N) is 2. The summed E-state index contributed by atoms with van der Waals surface area (Å²) in [5.74, 6) is -0.796. The SMILES string of the molecule is COc1ccc(NC(=O)N2C[C@@H]3CCC[C@@]3(C(=O)O)C2)cc1[N+](=O)[O-]. The highest BCUT2D eigenvalue weighted by Crippen LogP contribution is 2.49. The summed E-state index contributed by atoms with van der Waals surface area (Å²) < 4.78 is 4.93. The van der Waals surface area contributed by atoms with Crippen LogP contribution in [0.4, 0.5) is 16.2 Å². The maximum atomic E-state index is 12.5. The Morgan fingerprint density at radius 2 is 2.24 bits per heavy atom. The van der Waals surface area contributed by atoms with Gasteiger partial charge in [-0.15, -0.1) is 0 Å². The van der Waals surface area contributed by atoms with Gasteiger partial charge >= 0.3 is 17.7 Å². The first-order chi connectivity index (χ1) is 11.9. The lowest BCUT2D eigenvalue weighted by Crippen LogP contribution is -2.38. The van der Waals surface area contributed by atoms with Gasteiger partial charge in [-0.2, -0.15) is 0 Å². The van der Waals surface area contributed by atoms with Crippen LogP contribution in [0.5, 0.6) is 5.75 Å². The first kappa shape index (κ1) is 17.0. The average Bonchev–Trinajstić information content (AvgIpc) is 3.13. The number of carbonyl (C=O) groups is 2. The molecule has 2 aliphatic rings. The standard InChI is InChI=1S/C16H19N3O6/c1-25-13-5-4-11(7-12(13)19(23)24)17-15(22)18-8-10-3-2-6-16(10,9-18)14(20)21/h4-5,7,10H,2-3,6,8-9H2,1H3,(H,17,22)(H,20,21)/t10-,16+/m0/s1. The van der Waals surface area contributed by atoms with Gasteiger partial charge in [-0.25, -0.2) is 4.79 Å². The van der Waals surface area contributed by atoms with Gasteiger partial charge in [-0.05, 0) is 30.9 Å². The van der Waals surface area contributed by atoms with E-state index in [1.165, 1.54) is 30.2 Å². The Bertz CT molecular complexity index is 737. The number of nitro benzene ring substituents is 1. The molecule has 2 fully saturated rings. The number of likely N-dealkylation sites (tertiary alicyclic amines) is 1. The summed E-state index contributed by atoms with van der Waals surface area (Å²) >= 11 is 0. The van der Waals surface area contributed by atoms with Gasteiger partial charge < -0.3 is 20.1 Å². The van der Waals surface area contributed by atoms with Crippen molar-refractivity contribution in [3.8, 4) is 5.75 Å². The number of carboxylic acids is 1. The van der Waals surface area contributed by atoms with Crippen LogP contribution in [0.2, 0.25) is 0 Å². The van der Waals surface area contributed by atoms with Crippen molar-refractivity contribution >= 4 is 23.4 Å². The molecule has 0 radical (unpaired) electrons. The fourth-order valence-electron chi connectivity index (χ4n) is 3.91. The Hall–Kier alpha value is -2.84. The van der Waals surface area contributed by atoms with E-state index in [4.69, 9.17) is 4.74 Å². The molecule has 0 unspecified atom stereocenters. The first-order valence-corrected chi connectivity index (χ1v) is 7.99. The van der Waals surface area contributed by atoms with Gasteiger partial charge in [0.1, 0.15) is 0 Å². The normalized spacial score (nSPS) is 24.7. The average molecular weight is 349 g/mol. The molecule has 1 saturated heterocycles. The fourth-order valence-corrected chi connectivity index (χ4v) is 3.91. The third kappa shape index (κ3) is 2.86. The molecule has 134 valence electrons. The van der Waals surface area contributed by atoms with Crippen LogP contribution < -0.4 is 10.1 Å². The Balaban J connectivity index is 1.74. The quantitative estimate of drug-likeness (QED) is 0.635. The number of ether oxygens (including phenoxy) is 1. The Kier molecular flexibility index (Phi) is 4.23. The van der Waals surface area contributed by atoms with Gasteiger partial charge in [-0.3, -0.25) is 14.9 Å². The molecule has 2 N–H and O–H groups in total. The van der Waals surface area contributed by atoms with Crippen molar-refractivity contribution in [1.82, 2.24) is 4.90 Å². The predicted molar refractivity (Wildman–Crippen MR) is 87.6 cm³/mol. The second kappa shape index (κ2) is 6.23. The summed E-state index contributed by atoms with van der Waals surface area (Å²) in [4.78, 5) is 36.1. The van der Waals surface area contributed by atoms with Crippen molar-refractivity contribution in [3.05, 3.63) is 28.3 Å². The summed E-state index contributed by atoms with van der Waals surface area (Å²) in [6.45, 7) is 0.549. The molecule has 2 amide bonds. The van der Waals surface area contributed by atoms with Crippen molar-refractivity contribution in [1.29, 1.82) is 0 Å². The van der Waals surface area contributed by atoms with Gasteiger partial charge in [0.05, 0.1) is 17.4 Å². The highest BCUT2D eigenvalue weighted by Gasteiger charge is 2.55. The highest BCUT2D eigenvalue weighted by molar-refractivity contribution is 5.91. The number of benzene rings is 1. The Labute approximate surface area is 143 Å². The lowest BCUT2D eigenvalue weighted by molar-refractivity contribution is -0.385. The van der Waals surface area contributed by atoms with E-state index in [0.29, 0.717) is 13.0 Å². The van der Waals surface area contributed by atoms with Crippen LogP contribution in [0.3, 0.4) is 0 Å². The molecule has 0 aromatic heterocycles. The number of nitro groups is 1. The van der Waals surface area contributed by atoms with Gasteiger partial charge in [0.15, 0.2) is 5.75 Å². The number of urea groups is 1. The zero-order valence-electron chi connectivity index (χ0n) is 13.7. The van der Waals surface area contributed by atoms with Crippen molar-refractivity contribution in [2.24, 2.45) is 11.3 Å². The zero-order valence-corrected chi connectivity index (χ0v) is 13.7. The van der Waals surface area contributed by atoms with Crippen LogP contribution in [-0.4, -0.2) is 47.1 Å². The van der Waals surface area contributed by atoms with E-state index in [-0.39, 0.29) is 29.6 Å². The van der Waals surface area contributed by atoms with E-state index in [0.717, 1.165) is 12.8 Å². The largest absolute Gasteiger partial charge is 0.490 e. The second-order valence-corrected chi connectivity index (χ2v) is 6.50. The number of amides is 2. The lowest BCUT2D eigenvalue weighted by atomic mass is 9.81. The number of carboxylic acid groups (broad SMARTS) is 1. The Morgan fingerprint density at radius 3 is 2.84 bits per heavy atom. The van der Waals surface area contributed by atoms with Gasteiger partial charge in [0.2, 0.25) is 0 Å². The molecular weight excluding hydrogens is 330 g/mol. The van der Waals surface area contributed by atoms with Crippen molar-refractivity contribution in [3.63, 3.8) is 0 Å². The molecule has 1 heterocycles. The molecular formula is C16H19N3O6. The summed E-state index contributed by atoms with van der Waals surface area (Å²) in [6, 6.07) is 3.69. The smallest absolute Gasteiger partial charge is 0.321 e. The number of aliphatic carboxylic acids is 1. The van der Waals surface area contributed by atoms with Crippen LogP contribution in [0.1, 0.15) is 19.3 Å². The van der Waals surface area contributed by atoms with Gasteiger partial charge in [0, 0.05) is 24.8 Å². The van der Waals surface area contributed by atoms with E-state index >= 15 is 0 Å². The van der Waals surface area contributed by atoms with Crippen LogP contribution >= 0.6 is 0 Å². The van der Waals surface area contributed by atoms with E-state index in [1.807, 2.05) is 0 Å². The minimum absolute atomic E-state index is 0.0408. The van der Waals surface area contributed by atoms with Crippen LogP contribution in [-0.2, 0) is 4.79 Å². The minimum Gasteiger partial charge on any atom is -0.490 e. The molecule has 1 aromatic rings. The monoisotopic (exact) mass is 349 g/mol. The zero-order chi connectivity index (χ0) is 18.2. The number of carbonyl (C=O) groups excluding carboxylic acids is 1. The molecule has 2 atom stereocenters. The first-order valence-electron chi connectivity index (χ1n) is 7.99. The number of hydrogen-bond donors (Lipinski definition) is 2. The van der Waals surface area contributed by atoms with Gasteiger partial charge in [-0.1, -0.05) is 6.42 Å². The third-order valence-corrected chi connectivity index (χ3v) is 5.21. The van der Waals surface area contributed by atoms with Crippen molar-refractivity contribution < 1.29 is 24.4 Å². The summed E-state index contributed by atoms with van der Waals surface area (Å²) in [6.07, 6.45) is 2.23. The van der Waals surface area contributed by atoms with Crippen LogP contribution in [0.25, 0.3) is 0 Å². The summed E-state index contributed by atoms with van der Waals surface area (Å²) in [5.41, 5.74) is -0.844. The number of anilines is 1. The molecule has 9 nitrogen and oxygen atoms in total. The topological polar surface area (TPSA) is 122 Å². The number of methoxy groups -OCH3 is 1. The number of nitrogens with one attached hydrogen (secondary N) is 1. The van der Waals surface area contributed by atoms with E-state index < -0.39 is 22.3 Å². The molecule has 9 heteroatoms. The molecule has 1 saturated carbocycles. The second-order valence-electron chi connectivity index (χ2n) is 6.50. The van der Waals surface area contributed by atoms with Crippen molar-refractivity contribution in [2.45, 2.75) is 19.3 Å². The molecule has 0 bridgehead atoms. The third-order valence-electron chi connectivity index (χ3n) is 5.21. The molecule has 1 aliphatic heterocycles. The van der Waals surface area contributed by atoms with Gasteiger partial charge in [0.25, 0.3) is 0 Å². The van der Waals surface area contributed by atoms with Crippen LogP contribution in [0, 0.1) is 21.4 Å². The van der Waals surface area contributed by atoms with Crippen LogP contribution in [0.15, 0.2) is 18.2 Å². The molecule has 3 rings (SSSR count). The van der Waals surface area contributed by atoms with Crippen molar-refractivity contribution in [2.75, 3.05) is 25.5 Å². The maximum absolute atomic E-state index is 12.5. The maximum Gasteiger partial charge on any atom is 0.321 e. The Morgan fingerprint density at radius 1 is 1.48 bits per heavy atom. The summed E-state index contributed by atoms with van der Waals surface area (Å²) in [7, 11) is 1.33. The van der Waals surface area contributed by atoms with E-state index in [2.05, 4.69) is 5.32 Å². The van der Waals surface area contributed by atoms with E-state index in [1.54, 1.807) is 0 Å². The molecule has 1 aliphatic carbocycles. The summed E-state index contributed by atoms with van der Waals surface area (Å²) in [5, 5.41) is 23.2. The number of hydrogen-bond acceptors (Lipinski definition) is 5. The highest BCUT2D eigenvalue weighted by atomic mass is 16.6. The predicted octanol–water partition coefficient (Wildman–Crippen LogP) is 2.32. The number of fused-ring (bicyclic) bond motifs is 1. The van der Waals surface area contributed by atoms with E-state index in [9.17, 15) is 24.8 Å². The fraction of sp³-hybridized carbons (Fsp3) is 0.500. The lowest BCUT2D eigenvalue weighted by Gasteiger charge is -2.23.